The first kappa shape index (κ1) is 29.1. The van der Waals surface area contributed by atoms with Crippen LogP contribution in [-0.2, 0) is 14.3 Å². The van der Waals surface area contributed by atoms with E-state index in [0.29, 0.717) is 36.7 Å². The van der Waals surface area contributed by atoms with Crippen molar-refractivity contribution in [1.82, 2.24) is 5.32 Å². The van der Waals surface area contributed by atoms with Gasteiger partial charge in [-0.1, -0.05) is 46.8 Å². The van der Waals surface area contributed by atoms with Crippen LogP contribution in [-0.4, -0.2) is 36.7 Å². The zero-order valence-electron chi connectivity index (χ0n) is 25.8. The Morgan fingerprint density at radius 2 is 1.62 bits per heavy atom. The number of carbonyl (C=O) groups is 2. The minimum atomic E-state index is -0.556. The van der Waals surface area contributed by atoms with Crippen LogP contribution in [0, 0.1) is 56.7 Å². The molecular formula is C34H55NO4. The van der Waals surface area contributed by atoms with Crippen LogP contribution in [0.3, 0.4) is 0 Å². The molecule has 0 aromatic carbocycles. The molecule has 2 N–H and O–H groups in total. The Labute approximate surface area is 237 Å². The van der Waals surface area contributed by atoms with Crippen molar-refractivity contribution in [3.05, 3.63) is 12.2 Å². The second kappa shape index (κ2) is 9.60. The van der Waals surface area contributed by atoms with Crippen molar-refractivity contribution >= 4 is 11.9 Å². The topological polar surface area (TPSA) is 75.6 Å². The third-order valence-corrected chi connectivity index (χ3v) is 14.4. The summed E-state index contributed by atoms with van der Waals surface area (Å²) in [5.74, 6) is 1.79. The van der Waals surface area contributed by atoms with E-state index in [4.69, 9.17) is 4.74 Å². The molecule has 0 spiro atoms. The fourth-order valence-electron chi connectivity index (χ4n) is 12.2. The van der Waals surface area contributed by atoms with Crippen LogP contribution in [0.25, 0.3) is 0 Å². The summed E-state index contributed by atoms with van der Waals surface area (Å²) < 4.78 is 5.15. The lowest BCUT2D eigenvalue weighted by Crippen LogP contribution is -2.68. The lowest BCUT2D eigenvalue weighted by molar-refractivity contribution is -0.240. The number of rotatable bonds is 6. The minimum absolute atomic E-state index is 0.0380. The lowest BCUT2D eigenvalue weighted by atomic mass is 9.32. The van der Waals surface area contributed by atoms with E-state index < -0.39 is 11.4 Å². The summed E-state index contributed by atoms with van der Waals surface area (Å²) in [7, 11) is 1.65. The predicted molar refractivity (Wildman–Crippen MR) is 155 cm³/mol. The zero-order valence-corrected chi connectivity index (χ0v) is 25.8. The molecular weight excluding hydrogens is 486 g/mol. The Kier molecular flexibility index (Phi) is 7.17. The smallest absolute Gasteiger partial charge is 0.309 e. The number of carbonyl (C=O) groups excluding carboxylic acids is 1. The van der Waals surface area contributed by atoms with Gasteiger partial charge in [-0.2, -0.15) is 0 Å². The van der Waals surface area contributed by atoms with Crippen molar-refractivity contribution in [3.8, 4) is 0 Å². The van der Waals surface area contributed by atoms with Gasteiger partial charge in [0.15, 0.2) is 0 Å². The number of carboxylic acids is 1. The molecule has 10 atom stereocenters. The van der Waals surface area contributed by atoms with Crippen molar-refractivity contribution in [1.29, 1.82) is 0 Å². The molecule has 0 bridgehead atoms. The molecule has 5 nitrogen and oxygen atoms in total. The highest BCUT2D eigenvalue weighted by Gasteiger charge is 2.72. The Hall–Kier alpha value is -1.36. The highest BCUT2D eigenvalue weighted by atomic mass is 16.5. The van der Waals surface area contributed by atoms with Gasteiger partial charge in [0, 0.05) is 19.6 Å². The molecule has 5 rings (SSSR count). The van der Waals surface area contributed by atoms with Gasteiger partial charge in [-0.3, -0.25) is 9.59 Å². The molecule has 5 saturated carbocycles. The predicted octanol–water partition coefficient (Wildman–Crippen LogP) is 7.25. The van der Waals surface area contributed by atoms with E-state index in [1.165, 1.54) is 24.8 Å². The Balaban J connectivity index is 1.45. The largest absolute Gasteiger partial charge is 0.481 e. The maximum atomic E-state index is 12.9. The number of allylic oxidation sites excluding steroid dienone is 1. The van der Waals surface area contributed by atoms with Crippen LogP contribution in [0.15, 0.2) is 12.2 Å². The molecule has 5 heteroatoms. The third kappa shape index (κ3) is 3.94. The van der Waals surface area contributed by atoms with Crippen LogP contribution in [0.5, 0.6) is 0 Å². The minimum Gasteiger partial charge on any atom is -0.481 e. The van der Waals surface area contributed by atoms with Gasteiger partial charge >= 0.3 is 5.97 Å². The first-order valence-electron chi connectivity index (χ1n) is 15.9. The number of hydrogen-bond acceptors (Lipinski definition) is 3. The van der Waals surface area contributed by atoms with Gasteiger partial charge in [0.05, 0.1) is 12.0 Å². The average molecular weight is 542 g/mol. The molecule has 1 amide bonds. The maximum Gasteiger partial charge on any atom is 0.309 e. The first-order chi connectivity index (χ1) is 18.2. The zero-order chi connectivity index (χ0) is 28.6. The second-order valence-corrected chi connectivity index (χ2v) is 15.9. The summed E-state index contributed by atoms with van der Waals surface area (Å²) in [6, 6.07) is 0.205. The lowest BCUT2D eigenvalue weighted by Gasteiger charge is -2.73. The molecule has 5 aliphatic carbocycles. The number of carboxylic acid groups (broad SMARTS) is 1. The van der Waals surface area contributed by atoms with Gasteiger partial charge < -0.3 is 15.2 Å². The second-order valence-electron chi connectivity index (χ2n) is 15.9. The van der Waals surface area contributed by atoms with E-state index in [2.05, 4.69) is 53.4 Å². The van der Waals surface area contributed by atoms with Gasteiger partial charge in [-0.25, -0.2) is 0 Å². The van der Waals surface area contributed by atoms with E-state index >= 15 is 0 Å². The van der Waals surface area contributed by atoms with Crippen LogP contribution in [0.2, 0.25) is 0 Å². The fourth-order valence-corrected chi connectivity index (χ4v) is 12.2. The van der Waals surface area contributed by atoms with Crippen molar-refractivity contribution in [3.63, 3.8) is 0 Å². The highest BCUT2D eigenvalue weighted by Crippen LogP contribution is 2.77. The summed E-state index contributed by atoms with van der Waals surface area (Å²) in [6.45, 7) is 19.6. The normalized spacial score (nSPS) is 48.2. The standard InChI is InChI=1S/C34H55NO4/c1-21(2)22-11-17-34(29(37)38)19-18-32(6)23(28(22)34)9-10-25-31(5)15-13-26(35-27(36)14-20-39-8)30(3,4)24(31)12-16-33(25,32)7/h22-26,28H,1,9-20H2,2-8H3,(H,35,36)(H,37,38)/t22-,23+,24?,25?,26-,28?,31-,32+,33+,34-/m0/s1. The van der Waals surface area contributed by atoms with Crippen molar-refractivity contribution in [2.75, 3.05) is 13.7 Å². The molecule has 3 unspecified atom stereocenters. The molecule has 0 aromatic rings. The molecule has 0 aliphatic heterocycles. The molecule has 0 heterocycles. The number of amides is 1. The van der Waals surface area contributed by atoms with Gasteiger partial charge in [-0.15, -0.1) is 0 Å². The van der Waals surface area contributed by atoms with E-state index in [-0.39, 0.29) is 39.5 Å². The van der Waals surface area contributed by atoms with Crippen LogP contribution in [0.4, 0.5) is 0 Å². The molecule has 0 radical (unpaired) electrons. The quantitative estimate of drug-likeness (QED) is 0.347. The summed E-state index contributed by atoms with van der Waals surface area (Å²) >= 11 is 0. The van der Waals surface area contributed by atoms with Gasteiger partial charge in [0.2, 0.25) is 5.91 Å². The Morgan fingerprint density at radius 3 is 2.26 bits per heavy atom. The van der Waals surface area contributed by atoms with E-state index in [0.717, 1.165) is 44.9 Å². The number of fused-ring (bicyclic) bond motifs is 7. The van der Waals surface area contributed by atoms with Gasteiger partial charge in [0.25, 0.3) is 0 Å². The summed E-state index contributed by atoms with van der Waals surface area (Å²) in [5, 5.41) is 14.0. The number of hydrogen-bond donors (Lipinski definition) is 2. The summed E-state index contributed by atoms with van der Waals surface area (Å²) in [6.07, 6.45) is 11.1. The van der Waals surface area contributed by atoms with Crippen molar-refractivity contribution in [2.45, 2.75) is 118 Å². The maximum absolute atomic E-state index is 12.9. The molecule has 5 aliphatic rings. The van der Waals surface area contributed by atoms with E-state index in [1.54, 1.807) is 7.11 Å². The van der Waals surface area contributed by atoms with Gasteiger partial charge in [-0.05, 0) is 122 Å². The number of methoxy groups -OCH3 is 1. The third-order valence-electron chi connectivity index (χ3n) is 14.4. The fraction of sp³-hybridized carbons (Fsp3) is 0.882. The summed E-state index contributed by atoms with van der Waals surface area (Å²) in [4.78, 5) is 25.6. The first-order valence-corrected chi connectivity index (χ1v) is 15.9. The monoisotopic (exact) mass is 541 g/mol. The highest BCUT2D eigenvalue weighted by molar-refractivity contribution is 5.77. The Bertz CT molecular complexity index is 1020. The molecule has 39 heavy (non-hydrogen) atoms. The van der Waals surface area contributed by atoms with Gasteiger partial charge in [0.1, 0.15) is 0 Å². The molecule has 5 fully saturated rings. The number of ether oxygens (including phenoxy) is 1. The summed E-state index contributed by atoms with van der Waals surface area (Å²) in [5.41, 5.74) is 1.28. The molecule has 0 saturated heterocycles. The molecule has 0 aromatic heterocycles. The van der Waals surface area contributed by atoms with E-state index in [9.17, 15) is 14.7 Å². The number of nitrogens with one attached hydrogen (secondary N) is 1. The SMILES string of the molecule is C=C(C)[C@@H]1CC[C@]2(C(=O)O)CC[C@]3(C)[C@H](CCC4[C@@]5(C)CC[C@H](NC(=O)CCOC)C(C)(C)C5CC[C@]43C)C12. The van der Waals surface area contributed by atoms with E-state index in [1.807, 2.05) is 0 Å². The number of aliphatic carboxylic acids is 1. The molecule has 220 valence electrons. The van der Waals surface area contributed by atoms with Crippen LogP contribution >= 0.6 is 0 Å². The average Bonchev–Trinajstić information content (AvgIpc) is 3.26. The van der Waals surface area contributed by atoms with Crippen LogP contribution in [0.1, 0.15) is 112 Å². The van der Waals surface area contributed by atoms with Crippen molar-refractivity contribution < 1.29 is 19.4 Å². The van der Waals surface area contributed by atoms with Crippen LogP contribution < -0.4 is 5.32 Å². The van der Waals surface area contributed by atoms with Crippen molar-refractivity contribution in [2.24, 2.45) is 56.7 Å². The Morgan fingerprint density at radius 1 is 0.897 bits per heavy atom.